The Labute approximate surface area is 100 Å². The van der Waals surface area contributed by atoms with Crippen LogP contribution in [0.4, 0.5) is 17.6 Å². The third-order valence-electron chi connectivity index (χ3n) is 2.12. The summed E-state index contributed by atoms with van der Waals surface area (Å²) in [6.45, 7) is 0.551. The fourth-order valence-corrected chi connectivity index (χ4v) is 1.33. The molecule has 0 atom stereocenters. The Morgan fingerprint density at radius 2 is 1.56 bits per heavy atom. The Kier molecular flexibility index (Phi) is 4.66. The van der Waals surface area contributed by atoms with Crippen LogP contribution < -0.4 is 0 Å². The number of ether oxygens (including phenoxy) is 2. The third-order valence-corrected chi connectivity index (χ3v) is 2.12. The Morgan fingerprint density at radius 1 is 1.06 bits per heavy atom. The van der Waals surface area contributed by atoms with Crippen molar-refractivity contribution >= 4 is 5.97 Å². The van der Waals surface area contributed by atoms with Crippen molar-refractivity contribution < 1.29 is 31.8 Å². The zero-order valence-electron chi connectivity index (χ0n) is 9.65. The molecule has 0 unspecified atom stereocenters. The number of hydrogen-bond donors (Lipinski definition) is 0. The molecule has 0 aliphatic carbocycles. The molecule has 18 heavy (non-hydrogen) atoms. The van der Waals surface area contributed by atoms with Crippen LogP contribution in [-0.2, 0) is 16.1 Å². The van der Waals surface area contributed by atoms with E-state index in [0.717, 1.165) is 7.11 Å². The van der Waals surface area contributed by atoms with Gasteiger partial charge in [0, 0.05) is 7.11 Å². The molecule has 1 aromatic carbocycles. The smallest absolute Gasteiger partial charge is 0.344 e. The van der Waals surface area contributed by atoms with Crippen LogP contribution in [0.15, 0.2) is 0 Å². The standard InChI is InChI=1S/C11H10F4O3/c1-3-18-11(16)6-9(14)7(12)5(4-17-2)8(13)10(6)15/h3-4H2,1-2H3. The quantitative estimate of drug-likeness (QED) is 0.477. The Balaban J connectivity index is 3.43. The summed E-state index contributed by atoms with van der Waals surface area (Å²) < 4.78 is 62.5. The molecule has 1 aromatic rings. The van der Waals surface area contributed by atoms with Gasteiger partial charge in [-0.3, -0.25) is 0 Å². The highest BCUT2D eigenvalue weighted by Crippen LogP contribution is 2.25. The number of hydrogen-bond acceptors (Lipinski definition) is 3. The van der Waals surface area contributed by atoms with E-state index in [9.17, 15) is 22.4 Å². The average molecular weight is 266 g/mol. The van der Waals surface area contributed by atoms with Crippen LogP contribution in [0.25, 0.3) is 0 Å². The van der Waals surface area contributed by atoms with Gasteiger partial charge in [0.25, 0.3) is 0 Å². The van der Waals surface area contributed by atoms with Gasteiger partial charge in [0.2, 0.25) is 0 Å². The fraction of sp³-hybridized carbons (Fsp3) is 0.364. The third kappa shape index (κ3) is 2.45. The maximum absolute atomic E-state index is 13.5. The molecule has 0 spiro atoms. The van der Waals surface area contributed by atoms with Gasteiger partial charge in [-0.25, -0.2) is 22.4 Å². The number of halogens is 4. The first-order valence-corrected chi connectivity index (χ1v) is 4.96. The Bertz CT molecular complexity index is 445. The second kappa shape index (κ2) is 5.81. The lowest BCUT2D eigenvalue weighted by atomic mass is 10.1. The molecule has 0 heterocycles. The molecule has 0 aromatic heterocycles. The van der Waals surface area contributed by atoms with Crippen molar-refractivity contribution in [2.24, 2.45) is 0 Å². The van der Waals surface area contributed by atoms with Crippen molar-refractivity contribution in [2.75, 3.05) is 13.7 Å². The molecule has 0 fully saturated rings. The molecule has 100 valence electrons. The molecule has 7 heteroatoms. The van der Waals surface area contributed by atoms with Gasteiger partial charge >= 0.3 is 5.97 Å². The fourth-order valence-electron chi connectivity index (χ4n) is 1.33. The zero-order chi connectivity index (χ0) is 13.9. The van der Waals surface area contributed by atoms with Gasteiger partial charge in [-0.05, 0) is 6.92 Å². The highest BCUT2D eigenvalue weighted by Gasteiger charge is 2.29. The second-order valence-electron chi connectivity index (χ2n) is 3.26. The van der Waals surface area contributed by atoms with E-state index in [1.54, 1.807) is 0 Å². The molecule has 0 bridgehead atoms. The van der Waals surface area contributed by atoms with Gasteiger partial charge in [-0.1, -0.05) is 0 Å². The van der Waals surface area contributed by atoms with Gasteiger partial charge in [-0.15, -0.1) is 0 Å². The molecular formula is C11H10F4O3. The number of carbonyl (C=O) groups is 1. The van der Waals surface area contributed by atoms with E-state index in [-0.39, 0.29) is 6.61 Å². The van der Waals surface area contributed by atoms with E-state index in [0.29, 0.717) is 0 Å². The first-order valence-electron chi connectivity index (χ1n) is 4.96. The second-order valence-corrected chi connectivity index (χ2v) is 3.26. The van der Waals surface area contributed by atoms with Crippen LogP contribution >= 0.6 is 0 Å². The predicted molar refractivity (Wildman–Crippen MR) is 52.9 cm³/mol. The Hall–Kier alpha value is -1.63. The Morgan fingerprint density at radius 3 is 1.94 bits per heavy atom. The number of carbonyl (C=O) groups excluding carboxylic acids is 1. The van der Waals surface area contributed by atoms with Crippen LogP contribution in [0.1, 0.15) is 22.8 Å². The average Bonchev–Trinajstić information content (AvgIpc) is 2.33. The van der Waals surface area contributed by atoms with Gasteiger partial charge in [0.15, 0.2) is 23.3 Å². The summed E-state index contributed by atoms with van der Waals surface area (Å²) in [5, 5.41) is 0. The highest BCUT2D eigenvalue weighted by atomic mass is 19.2. The van der Waals surface area contributed by atoms with E-state index in [1.165, 1.54) is 6.92 Å². The molecule has 0 saturated heterocycles. The largest absolute Gasteiger partial charge is 0.462 e. The van der Waals surface area contributed by atoms with Gasteiger partial charge in [0.1, 0.15) is 5.56 Å². The highest BCUT2D eigenvalue weighted by molar-refractivity contribution is 5.90. The van der Waals surface area contributed by atoms with Gasteiger partial charge in [0.05, 0.1) is 18.8 Å². The van der Waals surface area contributed by atoms with Crippen molar-refractivity contribution in [2.45, 2.75) is 13.5 Å². The minimum Gasteiger partial charge on any atom is -0.462 e. The van der Waals surface area contributed by atoms with Crippen LogP contribution in [-0.4, -0.2) is 19.7 Å². The van der Waals surface area contributed by atoms with Crippen molar-refractivity contribution in [1.29, 1.82) is 0 Å². The molecule has 0 radical (unpaired) electrons. The molecule has 0 aliphatic heterocycles. The van der Waals surface area contributed by atoms with Gasteiger partial charge < -0.3 is 9.47 Å². The monoisotopic (exact) mass is 266 g/mol. The van der Waals surface area contributed by atoms with E-state index < -0.39 is 47.0 Å². The minimum absolute atomic E-state index is 0.180. The van der Waals surface area contributed by atoms with E-state index >= 15 is 0 Å². The minimum atomic E-state index is -1.79. The van der Waals surface area contributed by atoms with Crippen LogP contribution in [0.2, 0.25) is 0 Å². The van der Waals surface area contributed by atoms with E-state index in [4.69, 9.17) is 0 Å². The molecule has 0 N–H and O–H groups in total. The van der Waals surface area contributed by atoms with Gasteiger partial charge in [-0.2, -0.15) is 0 Å². The zero-order valence-corrected chi connectivity index (χ0v) is 9.65. The summed E-state index contributed by atoms with van der Waals surface area (Å²) in [6.07, 6.45) is 0. The number of methoxy groups -OCH3 is 1. The van der Waals surface area contributed by atoms with Crippen LogP contribution in [0, 0.1) is 23.3 Å². The number of rotatable bonds is 4. The predicted octanol–water partition coefficient (Wildman–Crippen LogP) is 2.57. The van der Waals surface area contributed by atoms with Crippen molar-refractivity contribution in [3.8, 4) is 0 Å². The van der Waals surface area contributed by atoms with Crippen LogP contribution in [0.5, 0.6) is 0 Å². The van der Waals surface area contributed by atoms with Crippen molar-refractivity contribution in [3.63, 3.8) is 0 Å². The molecule has 1 rings (SSSR count). The molecule has 0 aliphatic rings. The number of benzene rings is 1. The lowest BCUT2D eigenvalue weighted by molar-refractivity contribution is 0.0511. The lowest BCUT2D eigenvalue weighted by Crippen LogP contribution is -2.16. The van der Waals surface area contributed by atoms with Crippen molar-refractivity contribution in [1.82, 2.24) is 0 Å². The molecular weight excluding hydrogens is 256 g/mol. The molecule has 3 nitrogen and oxygen atoms in total. The summed E-state index contributed by atoms with van der Waals surface area (Å²) in [6, 6.07) is 0. The SMILES string of the molecule is CCOC(=O)c1c(F)c(F)c(COC)c(F)c1F. The summed E-state index contributed by atoms with van der Waals surface area (Å²) in [5.74, 6) is -8.38. The van der Waals surface area contributed by atoms with E-state index in [1.807, 2.05) is 0 Å². The number of esters is 1. The maximum atomic E-state index is 13.5. The van der Waals surface area contributed by atoms with Crippen molar-refractivity contribution in [3.05, 3.63) is 34.4 Å². The first-order chi connectivity index (χ1) is 8.45. The summed E-state index contributed by atoms with van der Waals surface area (Å²) >= 11 is 0. The van der Waals surface area contributed by atoms with E-state index in [2.05, 4.69) is 9.47 Å². The lowest BCUT2D eigenvalue weighted by Gasteiger charge is -2.10. The summed E-state index contributed by atoms with van der Waals surface area (Å²) in [7, 11) is 1.11. The maximum Gasteiger partial charge on any atom is 0.344 e. The molecule has 0 saturated carbocycles. The molecule has 0 amide bonds. The van der Waals surface area contributed by atoms with Crippen LogP contribution in [0.3, 0.4) is 0 Å². The summed E-state index contributed by atoms with van der Waals surface area (Å²) in [4.78, 5) is 11.2. The first kappa shape index (κ1) is 14.4. The summed E-state index contributed by atoms with van der Waals surface area (Å²) in [5.41, 5.74) is -2.30. The normalized spacial score (nSPS) is 10.6. The topological polar surface area (TPSA) is 35.5 Å².